The van der Waals surface area contributed by atoms with Gasteiger partial charge in [-0.3, -0.25) is 9.98 Å². The molecule has 1 N–H and O–H groups in total. The average molecular weight is 633 g/mol. The molecule has 1 saturated heterocycles. The predicted molar refractivity (Wildman–Crippen MR) is 177 cm³/mol. The monoisotopic (exact) mass is 632 g/mol. The van der Waals surface area contributed by atoms with Crippen LogP contribution in [-0.2, 0) is 5.41 Å². The molecular formula is C35H37ClF2N5S+. The molecule has 0 amide bonds. The molecule has 2 unspecified atom stereocenters. The first-order chi connectivity index (χ1) is 21.3. The number of nitrogens with zero attached hydrogens (tertiary/aromatic N) is 4. The fourth-order valence-corrected chi connectivity index (χ4v) is 7.50. The molecule has 1 aromatic carbocycles. The molecule has 9 heteroatoms. The van der Waals surface area contributed by atoms with Crippen molar-refractivity contribution in [3.05, 3.63) is 112 Å². The first-order valence-electron chi connectivity index (χ1n) is 15.1. The number of hydrogen-bond acceptors (Lipinski definition) is 5. The minimum atomic E-state index is -1.08. The van der Waals surface area contributed by atoms with Gasteiger partial charge >= 0.3 is 0 Å². The molecule has 4 heterocycles. The number of nitrogens with one attached hydrogen (secondary N) is 1. The van der Waals surface area contributed by atoms with Crippen molar-refractivity contribution in [1.29, 1.82) is 5.41 Å². The molecule has 1 aromatic heterocycles. The van der Waals surface area contributed by atoms with Gasteiger partial charge in [0.05, 0.1) is 17.4 Å². The topological polar surface area (TPSA) is 55.4 Å². The van der Waals surface area contributed by atoms with Crippen LogP contribution in [0.3, 0.4) is 0 Å². The number of allylic oxidation sites excluding steroid dienone is 6. The van der Waals surface area contributed by atoms with Crippen LogP contribution >= 0.6 is 23.4 Å². The summed E-state index contributed by atoms with van der Waals surface area (Å²) in [6.07, 6.45) is 14.3. The van der Waals surface area contributed by atoms with Crippen molar-refractivity contribution in [2.75, 3.05) is 20.1 Å². The number of rotatable bonds is 10. The van der Waals surface area contributed by atoms with E-state index in [0.717, 1.165) is 49.3 Å². The number of fused-ring (bicyclic) bond motifs is 1. The van der Waals surface area contributed by atoms with Gasteiger partial charge in [0.1, 0.15) is 44.0 Å². The normalized spacial score (nSPS) is 24.3. The number of alkyl halides is 1. The van der Waals surface area contributed by atoms with E-state index in [4.69, 9.17) is 16.6 Å². The van der Waals surface area contributed by atoms with Gasteiger partial charge in [0.15, 0.2) is 5.71 Å². The van der Waals surface area contributed by atoms with Crippen molar-refractivity contribution in [2.45, 2.75) is 61.9 Å². The number of benzene rings is 1. The summed E-state index contributed by atoms with van der Waals surface area (Å²) in [5, 5.41) is 11.7. The fourth-order valence-electron chi connectivity index (χ4n) is 6.28. The molecular weight excluding hydrogens is 596 g/mol. The van der Waals surface area contributed by atoms with Crippen molar-refractivity contribution >= 4 is 40.6 Å². The van der Waals surface area contributed by atoms with Crippen LogP contribution in [-0.4, -0.2) is 63.3 Å². The van der Waals surface area contributed by atoms with Gasteiger partial charge in [-0.25, -0.2) is 13.4 Å². The maximum Gasteiger partial charge on any atom is 0.178 e. The second-order valence-corrected chi connectivity index (χ2v) is 13.5. The van der Waals surface area contributed by atoms with Gasteiger partial charge in [0, 0.05) is 45.6 Å². The van der Waals surface area contributed by atoms with Crippen molar-refractivity contribution in [1.82, 2.24) is 9.88 Å². The molecule has 3 atom stereocenters. The second kappa shape index (κ2) is 12.9. The fraction of sp³-hybridized carbons (Fsp3) is 0.371. The molecule has 0 radical (unpaired) electrons. The third-order valence-electron chi connectivity index (χ3n) is 8.96. The van der Waals surface area contributed by atoms with E-state index in [0.29, 0.717) is 18.5 Å². The van der Waals surface area contributed by atoms with Crippen molar-refractivity contribution in [3.63, 3.8) is 0 Å². The van der Waals surface area contributed by atoms with E-state index < -0.39 is 18.0 Å². The summed E-state index contributed by atoms with van der Waals surface area (Å²) < 4.78 is 29.9. The van der Waals surface area contributed by atoms with Gasteiger partial charge in [0.25, 0.3) is 0 Å². The predicted octanol–water partition coefficient (Wildman–Crippen LogP) is 8.00. The van der Waals surface area contributed by atoms with Gasteiger partial charge in [0.2, 0.25) is 0 Å². The molecule has 44 heavy (non-hydrogen) atoms. The van der Waals surface area contributed by atoms with Crippen LogP contribution < -0.4 is 0 Å². The second-order valence-electron chi connectivity index (χ2n) is 12.0. The smallest absolute Gasteiger partial charge is 0.178 e. The van der Waals surface area contributed by atoms with Gasteiger partial charge in [-0.2, -0.15) is 0 Å². The largest absolute Gasteiger partial charge is 0.322 e. The van der Waals surface area contributed by atoms with Crippen LogP contribution in [0.5, 0.6) is 0 Å². The Morgan fingerprint density at radius 3 is 2.80 bits per heavy atom. The quantitative estimate of drug-likeness (QED) is 0.164. The molecule has 2 aromatic rings. The first-order valence-corrected chi connectivity index (χ1v) is 16.5. The van der Waals surface area contributed by atoms with Crippen LogP contribution in [0.1, 0.15) is 56.3 Å². The average Bonchev–Trinajstić information content (AvgIpc) is 3.37. The number of aromatic nitrogens is 1. The summed E-state index contributed by atoms with van der Waals surface area (Å²) >= 11 is 8.39. The number of pyridine rings is 1. The summed E-state index contributed by atoms with van der Waals surface area (Å²) in [7, 11) is 2.16. The highest BCUT2D eigenvalue weighted by molar-refractivity contribution is 8.03. The van der Waals surface area contributed by atoms with E-state index in [2.05, 4.69) is 45.1 Å². The summed E-state index contributed by atoms with van der Waals surface area (Å²) in [5.74, 6) is 0.547. The Balaban J connectivity index is 1.38. The summed E-state index contributed by atoms with van der Waals surface area (Å²) in [6, 6.07) is 10.0. The highest BCUT2D eigenvalue weighted by atomic mass is 35.5. The lowest BCUT2D eigenvalue weighted by Gasteiger charge is -2.34. The maximum atomic E-state index is 14.1. The Hall–Kier alpha value is -3.36. The first kappa shape index (κ1) is 30.7. The molecule has 0 spiro atoms. The molecule has 3 aliphatic heterocycles. The third-order valence-corrected chi connectivity index (χ3v) is 10.4. The number of hydrogen-bond donors (Lipinski definition) is 1. The number of halogens is 3. The minimum absolute atomic E-state index is 0.149. The molecule has 1 saturated carbocycles. The van der Waals surface area contributed by atoms with Crippen molar-refractivity contribution in [2.24, 2.45) is 4.99 Å². The maximum absolute atomic E-state index is 14.1. The lowest BCUT2D eigenvalue weighted by molar-refractivity contribution is -0.500. The zero-order valence-electron chi connectivity index (χ0n) is 25.0. The number of amidine groups is 1. The molecule has 5 nitrogen and oxygen atoms in total. The Labute approximate surface area is 267 Å². The van der Waals surface area contributed by atoms with E-state index in [-0.39, 0.29) is 21.4 Å². The van der Waals surface area contributed by atoms with E-state index >= 15 is 0 Å². The minimum Gasteiger partial charge on any atom is -0.322 e. The molecule has 1 aliphatic carbocycles. The standard InChI is InChI=1S/C35H37ClF2N5S/c1-23(37)8-3-4-9-28(39)32-29-21-25(42(2)18-16-35(14-15-35)31-11-5-6-17-40-31)22-43(29)34(30-10-7-19-44-30)41-33(32)26-13-12-24(38)20-27(26)36/h3-9,11-13,17,19-20,23,30,33,39H,10,14-16,18,21-22H2,1-2H3/q+1/b8-3+,9-4-,39-28?,42-25?/t23?,30?,33-/m0/s1. The number of aliphatic imine (C=N–C) groups is 1. The lowest BCUT2D eigenvalue weighted by Crippen LogP contribution is -2.40. The van der Waals surface area contributed by atoms with E-state index in [9.17, 15) is 14.2 Å². The van der Waals surface area contributed by atoms with E-state index in [1.807, 2.05) is 12.3 Å². The van der Waals surface area contributed by atoms with Gasteiger partial charge in [-0.1, -0.05) is 48.0 Å². The molecule has 2 fully saturated rings. The van der Waals surface area contributed by atoms with Crippen LogP contribution in [0.2, 0.25) is 5.02 Å². The Bertz CT molecular complexity index is 1610. The molecule has 6 rings (SSSR count). The zero-order chi connectivity index (χ0) is 30.8. The summed E-state index contributed by atoms with van der Waals surface area (Å²) in [5.41, 5.74) is 5.33. The molecule has 4 aliphatic rings. The SMILES string of the molecule is CC(F)/C=C/C=C\C(=N)C1=C2CC(=[N+](C)CCC3(c4ccccn4)CC3)CN2C(C2CC=CS2)=N[C@H]1c1ccc(F)cc1Cl. The zero-order valence-corrected chi connectivity index (χ0v) is 26.6. The van der Waals surface area contributed by atoms with Crippen LogP contribution in [0.25, 0.3) is 0 Å². The van der Waals surface area contributed by atoms with Crippen molar-refractivity contribution < 1.29 is 13.4 Å². The van der Waals surface area contributed by atoms with Crippen molar-refractivity contribution in [3.8, 4) is 0 Å². The summed E-state index contributed by atoms with van der Waals surface area (Å²) in [4.78, 5) is 12.2. The Morgan fingerprint density at radius 1 is 1.27 bits per heavy atom. The highest BCUT2D eigenvalue weighted by Gasteiger charge is 2.47. The molecule has 228 valence electrons. The highest BCUT2D eigenvalue weighted by Crippen LogP contribution is 2.50. The van der Waals surface area contributed by atoms with Gasteiger partial charge < -0.3 is 10.3 Å². The lowest BCUT2D eigenvalue weighted by atomic mass is 9.90. The van der Waals surface area contributed by atoms with E-state index in [1.165, 1.54) is 36.5 Å². The Morgan fingerprint density at radius 2 is 2.11 bits per heavy atom. The van der Waals surface area contributed by atoms with Crippen LogP contribution in [0, 0.1) is 11.2 Å². The van der Waals surface area contributed by atoms with Crippen LogP contribution in [0.4, 0.5) is 8.78 Å². The summed E-state index contributed by atoms with van der Waals surface area (Å²) in [6.45, 7) is 3.07. The molecule has 0 bridgehead atoms. The number of thioether (sulfide) groups is 1. The van der Waals surface area contributed by atoms with Crippen LogP contribution in [0.15, 0.2) is 94.6 Å². The van der Waals surface area contributed by atoms with E-state index in [1.54, 1.807) is 36.1 Å². The third kappa shape index (κ3) is 6.38. The van der Waals surface area contributed by atoms with Gasteiger partial charge in [-0.05, 0) is 61.9 Å². The van der Waals surface area contributed by atoms with Gasteiger partial charge in [-0.15, -0.1) is 11.8 Å². The Kier molecular flexibility index (Phi) is 9.01.